The van der Waals surface area contributed by atoms with E-state index in [9.17, 15) is 4.79 Å². The molecule has 0 amide bonds. The van der Waals surface area contributed by atoms with Crippen LogP contribution in [0.25, 0.3) is 0 Å². The van der Waals surface area contributed by atoms with E-state index < -0.39 is 5.97 Å². The number of pyridine rings is 1. The largest absolute Gasteiger partial charge is 0.478 e. The summed E-state index contributed by atoms with van der Waals surface area (Å²) < 4.78 is 5.55. The minimum Gasteiger partial charge on any atom is -0.478 e. The van der Waals surface area contributed by atoms with Crippen molar-refractivity contribution in [2.24, 2.45) is 0 Å². The number of ether oxygens (including phenoxy) is 1. The number of rotatable bonds is 6. The normalized spacial score (nSPS) is 10.4. The van der Waals surface area contributed by atoms with Crippen molar-refractivity contribution in [1.29, 1.82) is 0 Å². The summed E-state index contributed by atoms with van der Waals surface area (Å²) in [5, 5.41) is 9.09. The van der Waals surface area contributed by atoms with Crippen LogP contribution in [0.4, 0.5) is 0 Å². The van der Waals surface area contributed by atoms with E-state index in [1.165, 1.54) is 17.8 Å². The topological polar surface area (TPSA) is 59.4 Å². The maximum absolute atomic E-state index is 11.0. The predicted octanol–water partition coefficient (Wildman–Crippen LogP) is 4.57. The van der Waals surface area contributed by atoms with Crippen LogP contribution in [0.3, 0.4) is 0 Å². The lowest BCUT2D eigenvalue weighted by atomic mass is 10.1. The van der Waals surface area contributed by atoms with Crippen LogP contribution in [0.15, 0.2) is 36.5 Å². The highest BCUT2D eigenvalue weighted by molar-refractivity contribution is 6.33. The van der Waals surface area contributed by atoms with Crippen LogP contribution < -0.4 is 4.74 Å². The first kappa shape index (κ1) is 15.3. The molecule has 2 rings (SSSR count). The molecule has 21 heavy (non-hydrogen) atoms. The molecule has 1 aromatic heterocycles. The Bertz CT molecular complexity index is 626. The number of nitrogens with zero attached hydrogens (tertiary/aromatic N) is 1. The van der Waals surface area contributed by atoms with Crippen molar-refractivity contribution >= 4 is 17.6 Å². The van der Waals surface area contributed by atoms with Gasteiger partial charge in [-0.05, 0) is 30.5 Å². The van der Waals surface area contributed by atoms with Gasteiger partial charge < -0.3 is 9.84 Å². The van der Waals surface area contributed by atoms with Crippen LogP contribution in [0.5, 0.6) is 11.6 Å². The third-order valence-electron chi connectivity index (χ3n) is 3.03. The van der Waals surface area contributed by atoms with Gasteiger partial charge in [0.1, 0.15) is 5.75 Å². The van der Waals surface area contributed by atoms with E-state index in [0.717, 1.165) is 19.3 Å². The molecular weight excluding hydrogens is 290 g/mol. The van der Waals surface area contributed by atoms with Crippen molar-refractivity contribution in [3.63, 3.8) is 0 Å². The lowest BCUT2D eigenvalue weighted by molar-refractivity contribution is 0.0696. The van der Waals surface area contributed by atoms with Crippen molar-refractivity contribution in [3.05, 3.63) is 52.7 Å². The molecule has 2 aromatic rings. The Morgan fingerprint density at radius 1 is 1.33 bits per heavy atom. The zero-order valence-corrected chi connectivity index (χ0v) is 12.4. The van der Waals surface area contributed by atoms with Gasteiger partial charge in [-0.25, -0.2) is 9.78 Å². The smallest absolute Gasteiger partial charge is 0.337 e. The summed E-state index contributed by atoms with van der Waals surface area (Å²) in [5.74, 6) is -0.290. The van der Waals surface area contributed by atoms with Crippen molar-refractivity contribution in [1.82, 2.24) is 4.98 Å². The van der Waals surface area contributed by atoms with Gasteiger partial charge in [0.05, 0.1) is 16.8 Å². The van der Waals surface area contributed by atoms with E-state index in [-0.39, 0.29) is 16.5 Å². The average molecular weight is 306 g/mol. The molecule has 1 heterocycles. The summed E-state index contributed by atoms with van der Waals surface area (Å²) in [7, 11) is 0. The first-order valence-corrected chi connectivity index (χ1v) is 7.13. The summed E-state index contributed by atoms with van der Waals surface area (Å²) >= 11 is 5.76. The maximum Gasteiger partial charge on any atom is 0.337 e. The van der Waals surface area contributed by atoms with Gasteiger partial charge in [-0.15, -0.1) is 0 Å². The lowest BCUT2D eigenvalue weighted by Gasteiger charge is -2.07. The molecule has 1 N–H and O–H groups in total. The van der Waals surface area contributed by atoms with Crippen molar-refractivity contribution in [3.8, 4) is 11.6 Å². The van der Waals surface area contributed by atoms with Gasteiger partial charge >= 0.3 is 5.97 Å². The summed E-state index contributed by atoms with van der Waals surface area (Å²) in [6.07, 6.45) is 4.63. The van der Waals surface area contributed by atoms with Gasteiger partial charge in [-0.2, -0.15) is 0 Å². The molecule has 0 fully saturated rings. The molecule has 5 heteroatoms. The summed E-state index contributed by atoms with van der Waals surface area (Å²) in [6.45, 7) is 2.16. The molecule has 0 aliphatic heterocycles. The van der Waals surface area contributed by atoms with Crippen LogP contribution in [0, 0.1) is 0 Å². The maximum atomic E-state index is 11.0. The predicted molar refractivity (Wildman–Crippen MR) is 81.3 cm³/mol. The van der Waals surface area contributed by atoms with Crippen molar-refractivity contribution < 1.29 is 14.6 Å². The van der Waals surface area contributed by atoms with E-state index >= 15 is 0 Å². The Morgan fingerprint density at radius 2 is 2.05 bits per heavy atom. The molecule has 4 nitrogen and oxygen atoms in total. The standard InChI is InChI=1S/C16H16ClNO3/c1-2-3-4-11-5-7-12(8-6-11)21-15-9-13(16(19)20)14(17)10-18-15/h5-10H,2-4H2,1H3,(H,19,20). The Labute approximate surface area is 128 Å². The molecule has 0 spiro atoms. The molecular formula is C16H16ClNO3. The highest BCUT2D eigenvalue weighted by atomic mass is 35.5. The number of aryl methyl sites for hydroxylation is 1. The van der Waals surface area contributed by atoms with Gasteiger partial charge in [0, 0.05) is 6.07 Å². The number of aromatic carboxylic acids is 1. The van der Waals surface area contributed by atoms with Crippen LogP contribution in [-0.4, -0.2) is 16.1 Å². The fraction of sp³-hybridized carbons (Fsp3) is 0.250. The van der Waals surface area contributed by atoms with E-state index in [0.29, 0.717) is 5.75 Å². The van der Waals surface area contributed by atoms with E-state index in [1.54, 1.807) is 0 Å². The average Bonchev–Trinajstić information content (AvgIpc) is 2.48. The molecule has 0 bridgehead atoms. The number of benzene rings is 1. The Hall–Kier alpha value is -2.07. The summed E-state index contributed by atoms with van der Waals surface area (Å²) in [6, 6.07) is 9.01. The van der Waals surface area contributed by atoms with Crippen LogP contribution in [0.2, 0.25) is 5.02 Å². The van der Waals surface area contributed by atoms with Gasteiger partial charge in [-0.1, -0.05) is 37.1 Å². The third-order valence-corrected chi connectivity index (χ3v) is 3.33. The number of carboxylic acids is 1. The number of hydrogen-bond donors (Lipinski definition) is 1. The minimum absolute atomic E-state index is 0.0266. The van der Waals surface area contributed by atoms with Gasteiger partial charge in [0.2, 0.25) is 5.88 Å². The molecule has 0 aliphatic carbocycles. The summed E-state index contributed by atoms with van der Waals surface area (Å²) in [5.41, 5.74) is 1.22. The van der Waals surface area contributed by atoms with Gasteiger partial charge in [0.25, 0.3) is 0 Å². The number of halogens is 1. The second kappa shape index (κ2) is 7.09. The molecule has 110 valence electrons. The quantitative estimate of drug-likeness (QED) is 0.849. The minimum atomic E-state index is -1.11. The van der Waals surface area contributed by atoms with Gasteiger partial charge in [0.15, 0.2) is 0 Å². The van der Waals surface area contributed by atoms with Crippen LogP contribution in [-0.2, 0) is 6.42 Å². The third kappa shape index (κ3) is 4.20. The van der Waals surface area contributed by atoms with Crippen molar-refractivity contribution in [2.75, 3.05) is 0 Å². The lowest BCUT2D eigenvalue weighted by Crippen LogP contribution is -1.99. The molecule has 0 radical (unpaired) electrons. The van der Waals surface area contributed by atoms with E-state index in [2.05, 4.69) is 11.9 Å². The number of carbonyl (C=O) groups is 1. The van der Waals surface area contributed by atoms with Gasteiger partial charge in [-0.3, -0.25) is 0 Å². The number of unbranched alkanes of at least 4 members (excludes halogenated alkanes) is 1. The molecule has 0 unspecified atom stereocenters. The van der Waals surface area contributed by atoms with Crippen molar-refractivity contribution in [2.45, 2.75) is 26.2 Å². The Balaban J connectivity index is 2.11. The highest BCUT2D eigenvalue weighted by Gasteiger charge is 2.11. The summed E-state index contributed by atoms with van der Waals surface area (Å²) in [4.78, 5) is 15.0. The fourth-order valence-corrected chi connectivity index (χ4v) is 2.05. The Morgan fingerprint density at radius 3 is 2.67 bits per heavy atom. The highest BCUT2D eigenvalue weighted by Crippen LogP contribution is 2.24. The Kier molecular flexibility index (Phi) is 5.17. The number of hydrogen-bond acceptors (Lipinski definition) is 3. The second-order valence-corrected chi connectivity index (χ2v) is 5.06. The van der Waals surface area contributed by atoms with Crippen LogP contribution >= 0.6 is 11.6 Å². The van der Waals surface area contributed by atoms with Crippen LogP contribution in [0.1, 0.15) is 35.7 Å². The fourth-order valence-electron chi connectivity index (χ4n) is 1.87. The SMILES string of the molecule is CCCCc1ccc(Oc2cc(C(=O)O)c(Cl)cn2)cc1. The second-order valence-electron chi connectivity index (χ2n) is 4.66. The molecule has 0 aliphatic rings. The van der Waals surface area contributed by atoms with E-state index in [4.69, 9.17) is 21.4 Å². The monoisotopic (exact) mass is 305 g/mol. The zero-order chi connectivity index (χ0) is 15.2. The zero-order valence-electron chi connectivity index (χ0n) is 11.7. The first-order valence-electron chi connectivity index (χ1n) is 6.75. The van der Waals surface area contributed by atoms with E-state index in [1.807, 2.05) is 24.3 Å². The number of carboxylic acid groups (broad SMARTS) is 1. The molecule has 0 saturated carbocycles. The first-order chi connectivity index (χ1) is 10.1. The molecule has 1 aromatic carbocycles. The molecule has 0 saturated heterocycles. The number of aromatic nitrogens is 1. The molecule has 0 atom stereocenters.